The Hall–Kier alpha value is -3.32. The highest BCUT2D eigenvalue weighted by Gasteiger charge is 2.34. The van der Waals surface area contributed by atoms with Crippen molar-refractivity contribution in [3.05, 3.63) is 86.5 Å². The standard InChI is InChI=1S/C28H32N6O/c1-18-12-13-21-16-24(28(35)29-25(21)19(18)2)26(33-15-14-20-8-6-7-9-22(20)17-33)27-30-31-32-34(27)23-10-4-3-5-11-23/h6-9,12-13,16,23,26H,3-5,10-11,14-15,17H2,1-2H3,(H,29,35)/t26-/m1/s1. The molecule has 1 saturated carbocycles. The molecule has 2 aliphatic rings. The molecule has 0 amide bonds. The summed E-state index contributed by atoms with van der Waals surface area (Å²) >= 11 is 0. The van der Waals surface area contributed by atoms with Crippen LogP contribution in [0.3, 0.4) is 0 Å². The van der Waals surface area contributed by atoms with Crippen LogP contribution in [0, 0.1) is 13.8 Å². The Labute approximate surface area is 205 Å². The Morgan fingerprint density at radius 2 is 1.83 bits per heavy atom. The van der Waals surface area contributed by atoms with Crippen LogP contribution >= 0.6 is 0 Å². The summed E-state index contributed by atoms with van der Waals surface area (Å²) < 4.78 is 2.02. The van der Waals surface area contributed by atoms with E-state index in [1.165, 1.54) is 36.0 Å². The quantitative estimate of drug-likeness (QED) is 0.466. The molecule has 4 aromatic rings. The van der Waals surface area contributed by atoms with Gasteiger partial charge in [0.15, 0.2) is 5.82 Å². The van der Waals surface area contributed by atoms with Gasteiger partial charge in [0.25, 0.3) is 5.56 Å². The second kappa shape index (κ2) is 9.04. The van der Waals surface area contributed by atoms with Gasteiger partial charge in [-0.15, -0.1) is 5.10 Å². The molecule has 2 aromatic heterocycles. The highest BCUT2D eigenvalue weighted by atomic mass is 16.1. The number of aromatic nitrogens is 5. The van der Waals surface area contributed by atoms with Gasteiger partial charge in [-0.05, 0) is 77.2 Å². The molecular formula is C28H32N6O. The molecule has 0 radical (unpaired) electrons. The number of rotatable bonds is 4. The summed E-state index contributed by atoms with van der Waals surface area (Å²) in [7, 11) is 0. The second-order valence-electron chi connectivity index (χ2n) is 10.2. The molecule has 0 saturated heterocycles. The summed E-state index contributed by atoms with van der Waals surface area (Å²) in [6.07, 6.45) is 6.77. The highest BCUT2D eigenvalue weighted by Crippen LogP contribution is 2.35. The summed E-state index contributed by atoms with van der Waals surface area (Å²) in [6.45, 7) is 5.76. The number of nitrogens with zero attached hydrogens (tertiary/aromatic N) is 5. The van der Waals surface area contributed by atoms with Gasteiger partial charge in [-0.1, -0.05) is 55.7 Å². The van der Waals surface area contributed by atoms with E-state index < -0.39 is 0 Å². The smallest absolute Gasteiger partial charge is 0.253 e. The van der Waals surface area contributed by atoms with Gasteiger partial charge in [-0.3, -0.25) is 9.69 Å². The normalized spacial score (nSPS) is 18.0. The molecule has 35 heavy (non-hydrogen) atoms. The lowest BCUT2D eigenvalue weighted by Gasteiger charge is -2.35. The maximum atomic E-state index is 13.6. The zero-order valence-electron chi connectivity index (χ0n) is 20.5. The van der Waals surface area contributed by atoms with Gasteiger partial charge in [0.05, 0.1) is 11.6 Å². The van der Waals surface area contributed by atoms with Crippen molar-refractivity contribution in [1.82, 2.24) is 30.1 Å². The van der Waals surface area contributed by atoms with Crippen molar-refractivity contribution < 1.29 is 0 Å². The highest BCUT2D eigenvalue weighted by molar-refractivity contribution is 5.83. The lowest BCUT2D eigenvalue weighted by Crippen LogP contribution is -2.39. The first-order chi connectivity index (χ1) is 17.1. The van der Waals surface area contributed by atoms with E-state index >= 15 is 0 Å². The molecule has 6 rings (SSSR count). The third kappa shape index (κ3) is 3.97. The average Bonchev–Trinajstić information content (AvgIpc) is 3.37. The topological polar surface area (TPSA) is 79.7 Å². The van der Waals surface area contributed by atoms with Crippen molar-refractivity contribution in [3.8, 4) is 0 Å². The molecule has 1 atom stereocenters. The van der Waals surface area contributed by atoms with Crippen LogP contribution in [0.4, 0.5) is 0 Å². The number of aryl methyl sites for hydroxylation is 2. The number of benzene rings is 2. The number of hydrogen-bond acceptors (Lipinski definition) is 5. The van der Waals surface area contributed by atoms with Gasteiger partial charge in [-0.25, -0.2) is 4.68 Å². The zero-order valence-corrected chi connectivity index (χ0v) is 20.5. The SMILES string of the molecule is Cc1ccc2cc([C@H](c3nnnn3C3CCCCC3)N3CCc4ccccc4C3)c(=O)[nH]c2c1C. The Morgan fingerprint density at radius 1 is 1.03 bits per heavy atom. The number of aromatic amines is 1. The van der Waals surface area contributed by atoms with Crippen LogP contribution in [-0.2, 0) is 13.0 Å². The summed E-state index contributed by atoms with van der Waals surface area (Å²) in [5, 5.41) is 14.2. The lowest BCUT2D eigenvalue weighted by molar-refractivity contribution is 0.187. The number of tetrazole rings is 1. The fourth-order valence-electron chi connectivity index (χ4n) is 5.95. The van der Waals surface area contributed by atoms with Crippen molar-refractivity contribution in [1.29, 1.82) is 0 Å². The van der Waals surface area contributed by atoms with Crippen LogP contribution in [-0.4, -0.2) is 36.6 Å². The van der Waals surface area contributed by atoms with E-state index in [0.29, 0.717) is 5.56 Å². The van der Waals surface area contributed by atoms with Crippen molar-refractivity contribution in [3.63, 3.8) is 0 Å². The van der Waals surface area contributed by atoms with Gasteiger partial charge in [0, 0.05) is 18.7 Å². The van der Waals surface area contributed by atoms with Gasteiger partial charge < -0.3 is 4.98 Å². The largest absolute Gasteiger partial charge is 0.321 e. The predicted molar refractivity (Wildman–Crippen MR) is 136 cm³/mol. The fourth-order valence-corrected chi connectivity index (χ4v) is 5.95. The number of hydrogen-bond donors (Lipinski definition) is 1. The molecule has 0 unspecified atom stereocenters. The van der Waals surface area contributed by atoms with E-state index in [1.54, 1.807) is 0 Å². The number of pyridine rings is 1. The zero-order chi connectivity index (χ0) is 23.9. The second-order valence-corrected chi connectivity index (χ2v) is 10.2. The molecule has 2 aromatic carbocycles. The molecule has 1 fully saturated rings. The summed E-state index contributed by atoms with van der Waals surface area (Å²) in [6, 6.07) is 14.9. The van der Waals surface area contributed by atoms with Crippen molar-refractivity contribution >= 4 is 10.9 Å². The third-order valence-electron chi connectivity index (χ3n) is 8.08. The summed E-state index contributed by atoms with van der Waals surface area (Å²) in [5.74, 6) is 0.782. The lowest BCUT2D eigenvalue weighted by atomic mass is 9.93. The molecule has 0 spiro atoms. The van der Waals surface area contributed by atoms with Crippen LogP contribution in [0.2, 0.25) is 0 Å². The Bertz CT molecular complexity index is 1430. The Morgan fingerprint density at radius 3 is 2.66 bits per heavy atom. The minimum Gasteiger partial charge on any atom is -0.321 e. The maximum Gasteiger partial charge on any atom is 0.253 e. The monoisotopic (exact) mass is 468 g/mol. The maximum absolute atomic E-state index is 13.6. The minimum atomic E-state index is -0.310. The van der Waals surface area contributed by atoms with Crippen LogP contribution in [0.5, 0.6) is 0 Å². The van der Waals surface area contributed by atoms with Gasteiger partial charge in [0.2, 0.25) is 0 Å². The van der Waals surface area contributed by atoms with E-state index in [4.69, 9.17) is 0 Å². The average molecular weight is 469 g/mol. The molecule has 3 heterocycles. The Kier molecular flexibility index (Phi) is 5.72. The van der Waals surface area contributed by atoms with Gasteiger partial charge >= 0.3 is 0 Å². The number of fused-ring (bicyclic) bond motifs is 2. The third-order valence-corrected chi connectivity index (χ3v) is 8.08. The Balaban J connectivity index is 1.50. The van der Waals surface area contributed by atoms with E-state index in [9.17, 15) is 4.79 Å². The molecule has 1 aliphatic carbocycles. The predicted octanol–water partition coefficient (Wildman–Crippen LogP) is 4.78. The first kappa shape index (κ1) is 22.2. The van der Waals surface area contributed by atoms with E-state index in [1.807, 2.05) is 4.68 Å². The number of nitrogens with one attached hydrogen (secondary N) is 1. The summed E-state index contributed by atoms with van der Waals surface area (Å²) in [4.78, 5) is 19.2. The van der Waals surface area contributed by atoms with Crippen LogP contribution in [0.15, 0.2) is 47.3 Å². The molecule has 180 valence electrons. The first-order valence-corrected chi connectivity index (χ1v) is 12.8. The van der Waals surface area contributed by atoms with Crippen LogP contribution < -0.4 is 5.56 Å². The molecule has 7 nitrogen and oxygen atoms in total. The molecular weight excluding hydrogens is 436 g/mol. The van der Waals surface area contributed by atoms with E-state index in [-0.39, 0.29) is 17.6 Å². The first-order valence-electron chi connectivity index (χ1n) is 12.8. The van der Waals surface area contributed by atoms with Gasteiger partial charge in [-0.2, -0.15) is 0 Å². The van der Waals surface area contributed by atoms with Crippen molar-refractivity contribution in [2.75, 3.05) is 6.54 Å². The fraction of sp³-hybridized carbons (Fsp3) is 0.429. The summed E-state index contributed by atoms with van der Waals surface area (Å²) in [5.41, 5.74) is 6.54. The minimum absolute atomic E-state index is 0.0618. The van der Waals surface area contributed by atoms with Crippen LogP contribution in [0.25, 0.3) is 10.9 Å². The molecule has 1 N–H and O–H groups in total. The molecule has 1 aliphatic heterocycles. The van der Waals surface area contributed by atoms with Crippen molar-refractivity contribution in [2.24, 2.45) is 0 Å². The van der Waals surface area contributed by atoms with E-state index in [2.05, 4.69) is 81.7 Å². The van der Waals surface area contributed by atoms with Gasteiger partial charge in [0.1, 0.15) is 6.04 Å². The molecule has 7 heteroatoms. The number of H-pyrrole nitrogens is 1. The van der Waals surface area contributed by atoms with Crippen molar-refractivity contribution in [2.45, 2.75) is 71.0 Å². The molecule has 0 bridgehead atoms. The van der Waals surface area contributed by atoms with E-state index in [0.717, 1.165) is 54.6 Å². The van der Waals surface area contributed by atoms with Crippen LogP contribution in [0.1, 0.15) is 77.8 Å².